The van der Waals surface area contributed by atoms with Gasteiger partial charge in [-0.05, 0) is 16.9 Å². The first kappa shape index (κ1) is 10.6. The molecule has 0 aliphatic heterocycles. The Morgan fingerprint density at radius 3 is 2.56 bits per heavy atom. The van der Waals surface area contributed by atoms with Crippen LogP contribution < -0.4 is 5.46 Å². The maximum Gasteiger partial charge on any atom is 0.488 e. The van der Waals surface area contributed by atoms with Crippen molar-refractivity contribution in [3.05, 3.63) is 46.5 Å². The highest BCUT2D eigenvalue weighted by Gasteiger charge is 2.15. The van der Waals surface area contributed by atoms with Crippen molar-refractivity contribution in [3.8, 4) is 0 Å². The van der Waals surface area contributed by atoms with Crippen LogP contribution in [0.3, 0.4) is 0 Å². The van der Waals surface area contributed by atoms with Crippen LogP contribution in [0.2, 0.25) is 0 Å². The summed E-state index contributed by atoms with van der Waals surface area (Å²) in [5.41, 5.74) is 0.196. The monoisotopic (exact) mass is 217 g/mol. The largest absolute Gasteiger partial charge is 0.488 e. The Morgan fingerprint density at radius 2 is 1.94 bits per heavy atom. The fourth-order valence-corrected chi connectivity index (χ4v) is 1.59. The first-order valence-corrected chi connectivity index (χ1v) is 4.63. The number of nitro benzene ring substituents is 1. The van der Waals surface area contributed by atoms with Gasteiger partial charge in [-0.15, -0.1) is 0 Å². The molecule has 0 radical (unpaired) electrons. The average Bonchev–Trinajstić information content (AvgIpc) is 2.27. The van der Waals surface area contributed by atoms with Crippen molar-refractivity contribution >= 4 is 29.0 Å². The van der Waals surface area contributed by atoms with Crippen LogP contribution in [0.5, 0.6) is 0 Å². The molecule has 0 aromatic heterocycles. The van der Waals surface area contributed by atoms with Crippen LogP contribution in [0, 0.1) is 10.1 Å². The van der Waals surface area contributed by atoms with Crippen LogP contribution in [0.1, 0.15) is 0 Å². The Hall–Kier alpha value is -1.92. The fourth-order valence-electron chi connectivity index (χ4n) is 1.59. The van der Waals surface area contributed by atoms with Crippen LogP contribution in [0.4, 0.5) is 5.69 Å². The van der Waals surface area contributed by atoms with Crippen molar-refractivity contribution in [3.63, 3.8) is 0 Å². The van der Waals surface area contributed by atoms with E-state index in [0.29, 0.717) is 10.8 Å². The van der Waals surface area contributed by atoms with E-state index in [2.05, 4.69) is 0 Å². The molecule has 0 unspecified atom stereocenters. The summed E-state index contributed by atoms with van der Waals surface area (Å²) in [5.74, 6) is 0. The van der Waals surface area contributed by atoms with Gasteiger partial charge < -0.3 is 10.0 Å². The van der Waals surface area contributed by atoms with Crippen molar-refractivity contribution in [2.24, 2.45) is 0 Å². The summed E-state index contributed by atoms with van der Waals surface area (Å²) in [5, 5.41) is 29.9. The van der Waals surface area contributed by atoms with Gasteiger partial charge in [-0.1, -0.05) is 24.3 Å². The molecule has 0 aliphatic rings. The van der Waals surface area contributed by atoms with E-state index in [-0.39, 0.29) is 11.2 Å². The predicted octanol–water partition coefficient (Wildman–Crippen LogP) is 0.428. The molecule has 2 rings (SSSR count). The molecule has 0 aliphatic carbocycles. The Morgan fingerprint density at radius 1 is 1.19 bits per heavy atom. The van der Waals surface area contributed by atoms with Crippen molar-refractivity contribution in [2.75, 3.05) is 0 Å². The summed E-state index contributed by atoms with van der Waals surface area (Å²) >= 11 is 0. The van der Waals surface area contributed by atoms with E-state index in [1.165, 1.54) is 18.2 Å². The number of benzene rings is 2. The molecule has 2 aromatic rings. The number of hydrogen-bond donors (Lipinski definition) is 2. The molecule has 0 saturated carbocycles. The second-order valence-electron chi connectivity index (χ2n) is 3.39. The number of hydrogen-bond acceptors (Lipinski definition) is 4. The highest BCUT2D eigenvalue weighted by Crippen LogP contribution is 2.23. The molecule has 0 amide bonds. The Kier molecular flexibility index (Phi) is 2.60. The number of fused-ring (bicyclic) bond motifs is 1. The lowest BCUT2D eigenvalue weighted by atomic mass is 9.79. The van der Waals surface area contributed by atoms with E-state index in [1.54, 1.807) is 18.2 Å². The van der Waals surface area contributed by atoms with Crippen molar-refractivity contribution < 1.29 is 15.0 Å². The van der Waals surface area contributed by atoms with Gasteiger partial charge in [-0.25, -0.2) is 0 Å². The molecule has 6 heteroatoms. The van der Waals surface area contributed by atoms with Gasteiger partial charge in [0.15, 0.2) is 0 Å². The van der Waals surface area contributed by atoms with Gasteiger partial charge in [0.25, 0.3) is 5.69 Å². The molecular formula is C10H8BNO4. The summed E-state index contributed by atoms with van der Waals surface area (Å²) < 4.78 is 0. The van der Waals surface area contributed by atoms with Gasteiger partial charge in [0.1, 0.15) is 0 Å². The standard InChI is InChI=1S/C10H8BNO4/c13-11(14)8-5-4-7-2-1-3-10(12(15)16)9(7)6-8/h1-6,13-14H. The average molecular weight is 217 g/mol. The Bertz CT molecular complexity index is 556. The van der Waals surface area contributed by atoms with E-state index in [1.807, 2.05) is 0 Å². The summed E-state index contributed by atoms with van der Waals surface area (Å²) in [6, 6.07) is 9.27. The number of nitro groups is 1. The van der Waals surface area contributed by atoms with Crippen LogP contribution in [0.25, 0.3) is 10.8 Å². The second kappa shape index (κ2) is 3.92. The van der Waals surface area contributed by atoms with Crippen molar-refractivity contribution in [1.29, 1.82) is 0 Å². The first-order valence-electron chi connectivity index (χ1n) is 4.63. The van der Waals surface area contributed by atoms with E-state index in [0.717, 1.165) is 0 Å². The van der Waals surface area contributed by atoms with Crippen LogP contribution in [-0.2, 0) is 0 Å². The van der Waals surface area contributed by atoms with E-state index in [9.17, 15) is 10.1 Å². The lowest BCUT2D eigenvalue weighted by Gasteiger charge is -2.03. The topological polar surface area (TPSA) is 83.6 Å². The third-order valence-corrected chi connectivity index (χ3v) is 2.38. The molecule has 0 atom stereocenters. The van der Waals surface area contributed by atoms with Gasteiger partial charge in [0, 0.05) is 6.07 Å². The van der Waals surface area contributed by atoms with Gasteiger partial charge in [0.2, 0.25) is 0 Å². The number of nitrogens with zero attached hydrogens (tertiary/aromatic N) is 1. The van der Waals surface area contributed by atoms with Gasteiger partial charge in [-0.2, -0.15) is 0 Å². The van der Waals surface area contributed by atoms with E-state index >= 15 is 0 Å². The Labute approximate surface area is 91.2 Å². The molecular weight excluding hydrogens is 209 g/mol. The van der Waals surface area contributed by atoms with Crippen LogP contribution in [0.15, 0.2) is 36.4 Å². The molecule has 5 nitrogen and oxygen atoms in total. The van der Waals surface area contributed by atoms with Gasteiger partial charge in [0.05, 0.1) is 10.3 Å². The quantitative estimate of drug-likeness (QED) is 0.434. The summed E-state index contributed by atoms with van der Waals surface area (Å²) in [7, 11) is -1.62. The smallest absolute Gasteiger partial charge is 0.423 e. The molecule has 0 heterocycles. The molecule has 80 valence electrons. The van der Waals surface area contributed by atoms with E-state index in [4.69, 9.17) is 10.0 Å². The molecule has 2 aromatic carbocycles. The lowest BCUT2D eigenvalue weighted by Crippen LogP contribution is -2.29. The molecule has 0 saturated heterocycles. The van der Waals surface area contributed by atoms with E-state index < -0.39 is 12.0 Å². The summed E-state index contributed by atoms with van der Waals surface area (Å²) in [6.07, 6.45) is 0. The van der Waals surface area contributed by atoms with Crippen molar-refractivity contribution in [1.82, 2.24) is 0 Å². The maximum atomic E-state index is 10.8. The lowest BCUT2D eigenvalue weighted by molar-refractivity contribution is -0.383. The van der Waals surface area contributed by atoms with Crippen LogP contribution >= 0.6 is 0 Å². The molecule has 16 heavy (non-hydrogen) atoms. The third-order valence-electron chi connectivity index (χ3n) is 2.38. The zero-order valence-corrected chi connectivity index (χ0v) is 8.20. The number of non-ortho nitro benzene ring substituents is 1. The SMILES string of the molecule is O=[N+]([O-])c1cccc2ccc(B(O)O)cc12. The first-order chi connectivity index (χ1) is 7.59. The highest BCUT2D eigenvalue weighted by atomic mass is 16.6. The molecule has 2 N–H and O–H groups in total. The fraction of sp³-hybridized carbons (Fsp3) is 0. The Balaban J connectivity index is 2.73. The molecule has 0 bridgehead atoms. The number of rotatable bonds is 2. The third kappa shape index (κ3) is 1.76. The second-order valence-corrected chi connectivity index (χ2v) is 3.39. The minimum Gasteiger partial charge on any atom is -0.423 e. The minimum absolute atomic E-state index is 0.0417. The van der Waals surface area contributed by atoms with Crippen molar-refractivity contribution in [2.45, 2.75) is 0 Å². The molecule has 0 fully saturated rings. The normalized spacial score (nSPS) is 10.4. The summed E-state index contributed by atoms with van der Waals surface area (Å²) in [6.45, 7) is 0. The minimum atomic E-state index is -1.62. The maximum absolute atomic E-state index is 10.8. The zero-order valence-electron chi connectivity index (χ0n) is 8.20. The zero-order chi connectivity index (χ0) is 11.7. The summed E-state index contributed by atoms with van der Waals surface area (Å²) in [4.78, 5) is 10.3. The van der Waals surface area contributed by atoms with Crippen LogP contribution in [-0.4, -0.2) is 22.1 Å². The predicted molar refractivity (Wildman–Crippen MR) is 60.4 cm³/mol. The molecule has 0 spiro atoms. The van der Waals surface area contributed by atoms with Gasteiger partial charge >= 0.3 is 7.12 Å². The highest BCUT2D eigenvalue weighted by molar-refractivity contribution is 6.59. The van der Waals surface area contributed by atoms with Gasteiger partial charge in [-0.3, -0.25) is 10.1 Å².